The Labute approximate surface area is 203 Å². The lowest BCUT2D eigenvalue weighted by molar-refractivity contribution is -0.113. The van der Waals surface area contributed by atoms with E-state index in [1.165, 1.54) is 46.2 Å². The van der Waals surface area contributed by atoms with Crippen molar-refractivity contribution < 1.29 is 13.9 Å². The molecule has 33 heavy (non-hydrogen) atoms. The SMILES string of the molecule is CCn1c(COc2ccc(F)cc2Cl)nnc1SCC(=O)Nc1sc2c(c1C#N)CCCC2. The van der Waals surface area contributed by atoms with E-state index in [4.69, 9.17) is 16.3 Å². The van der Waals surface area contributed by atoms with Crippen molar-refractivity contribution in [3.05, 3.63) is 50.9 Å². The van der Waals surface area contributed by atoms with Crippen molar-refractivity contribution in [3.8, 4) is 11.8 Å². The van der Waals surface area contributed by atoms with Crippen LogP contribution in [0.2, 0.25) is 5.02 Å². The van der Waals surface area contributed by atoms with Gasteiger partial charge in [-0.05, 0) is 56.4 Å². The van der Waals surface area contributed by atoms with E-state index < -0.39 is 5.82 Å². The Kier molecular flexibility index (Phi) is 7.53. The number of rotatable bonds is 8. The van der Waals surface area contributed by atoms with Gasteiger partial charge in [0.1, 0.15) is 29.2 Å². The second kappa shape index (κ2) is 10.5. The molecule has 0 radical (unpaired) electrons. The molecule has 7 nitrogen and oxygen atoms in total. The van der Waals surface area contributed by atoms with Crippen LogP contribution in [0.5, 0.6) is 5.75 Å². The van der Waals surface area contributed by atoms with Crippen LogP contribution in [0.25, 0.3) is 0 Å². The molecule has 0 fully saturated rings. The monoisotopic (exact) mass is 505 g/mol. The van der Waals surface area contributed by atoms with Gasteiger partial charge in [0.15, 0.2) is 11.0 Å². The fourth-order valence-electron chi connectivity index (χ4n) is 3.65. The zero-order chi connectivity index (χ0) is 23.4. The molecule has 0 atom stereocenters. The lowest BCUT2D eigenvalue weighted by atomic mass is 9.96. The average Bonchev–Trinajstić information content (AvgIpc) is 3.36. The highest BCUT2D eigenvalue weighted by molar-refractivity contribution is 7.99. The lowest BCUT2D eigenvalue weighted by Crippen LogP contribution is -2.15. The van der Waals surface area contributed by atoms with Crippen molar-refractivity contribution in [2.75, 3.05) is 11.1 Å². The molecule has 0 saturated heterocycles. The second-order valence-electron chi connectivity index (χ2n) is 7.37. The Morgan fingerprint density at radius 2 is 2.21 bits per heavy atom. The van der Waals surface area contributed by atoms with Crippen molar-refractivity contribution in [1.29, 1.82) is 5.26 Å². The minimum absolute atomic E-state index is 0.102. The number of aromatic nitrogens is 3. The van der Waals surface area contributed by atoms with Crippen molar-refractivity contribution in [2.45, 2.75) is 50.9 Å². The first kappa shape index (κ1) is 23.5. The molecule has 4 rings (SSSR count). The highest BCUT2D eigenvalue weighted by atomic mass is 35.5. The molecule has 0 saturated carbocycles. The fourth-order valence-corrected chi connectivity index (χ4v) is 5.95. The maximum Gasteiger partial charge on any atom is 0.235 e. The Hall–Kier alpha value is -2.61. The smallest absolute Gasteiger partial charge is 0.235 e. The molecule has 1 N–H and O–H groups in total. The zero-order valence-corrected chi connectivity index (χ0v) is 20.2. The van der Waals surface area contributed by atoms with Crippen molar-refractivity contribution in [1.82, 2.24) is 14.8 Å². The molecule has 172 valence electrons. The molecule has 1 amide bonds. The van der Waals surface area contributed by atoms with E-state index in [2.05, 4.69) is 21.6 Å². The average molecular weight is 506 g/mol. The van der Waals surface area contributed by atoms with E-state index in [1.54, 1.807) is 0 Å². The van der Waals surface area contributed by atoms with Crippen LogP contribution in [0.1, 0.15) is 41.6 Å². The molecule has 1 aromatic carbocycles. The van der Waals surface area contributed by atoms with Crippen molar-refractivity contribution in [3.63, 3.8) is 0 Å². The van der Waals surface area contributed by atoms with Gasteiger partial charge in [-0.15, -0.1) is 21.5 Å². The Balaban J connectivity index is 1.38. The summed E-state index contributed by atoms with van der Waals surface area (Å²) in [5.41, 5.74) is 1.69. The van der Waals surface area contributed by atoms with Gasteiger partial charge in [-0.3, -0.25) is 4.79 Å². The number of carbonyl (C=O) groups is 1. The van der Waals surface area contributed by atoms with Gasteiger partial charge < -0.3 is 14.6 Å². The van der Waals surface area contributed by atoms with Crippen LogP contribution in [0.3, 0.4) is 0 Å². The van der Waals surface area contributed by atoms with E-state index in [0.29, 0.717) is 33.8 Å². The summed E-state index contributed by atoms with van der Waals surface area (Å²) in [6, 6.07) is 6.17. The Morgan fingerprint density at radius 1 is 1.39 bits per heavy atom. The Morgan fingerprint density at radius 3 is 2.97 bits per heavy atom. The van der Waals surface area contributed by atoms with Gasteiger partial charge in [0, 0.05) is 11.4 Å². The first-order valence-corrected chi connectivity index (χ1v) is 12.6. The van der Waals surface area contributed by atoms with Crippen molar-refractivity contribution in [2.24, 2.45) is 0 Å². The molecule has 0 unspecified atom stereocenters. The predicted molar refractivity (Wildman–Crippen MR) is 126 cm³/mol. The summed E-state index contributed by atoms with van der Waals surface area (Å²) in [5.74, 6) is 0.418. The van der Waals surface area contributed by atoms with E-state index in [-0.39, 0.29) is 23.3 Å². The van der Waals surface area contributed by atoms with Gasteiger partial charge in [-0.2, -0.15) is 5.26 Å². The molecule has 11 heteroatoms. The van der Waals surface area contributed by atoms with Gasteiger partial charge in [0.2, 0.25) is 5.91 Å². The predicted octanol–water partition coefficient (Wildman–Crippen LogP) is 5.21. The third-order valence-corrected chi connectivity index (χ3v) is 7.70. The summed E-state index contributed by atoms with van der Waals surface area (Å²) in [6.07, 6.45) is 4.06. The van der Waals surface area contributed by atoms with E-state index in [9.17, 15) is 14.4 Å². The van der Waals surface area contributed by atoms with Crippen LogP contribution in [0.15, 0.2) is 23.4 Å². The highest BCUT2D eigenvalue weighted by Gasteiger charge is 2.22. The summed E-state index contributed by atoms with van der Waals surface area (Å²) in [6.45, 7) is 2.63. The fraction of sp³-hybridized carbons (Fsp3) is 0.364. The standard InChI is InChI=1S/C22H21ClFN5O2S2/c1-2-29-19(11-31-17-8-7-13(24)9-16(17)23)27-28-22(29)32-12-20(30)26-21-15(10-25)14-5-3-4-6-18(14)33-21/h7-9H,2-6,11-12H2,1H3,(H,26,30). The largest absolute Gasteiger partial charge is 0.484 e. The molecule has 2 heterocycles. The number of ether oxygens (including phenoxy) is 1. The Bertz CT molecular complexity index is 1220. The molecule has 2 aromatic heterocycles. The van der Waals surface area contributed by atoms with Gasteiger partial charge in [0.25, 0.3) is 0 Å². The molecule has 0 aliphatic heterocycles. The molecular formula is C22H21ClFN5O2S2. The summed E-state index contributed by atoms with van der Waals surface area (Å²) < 4.78 is 20.7. The lowest BCUT2D eigenvalue weighted by Gasteiger charge is -2.10. The number of aryl methyl sites for hydroxylation is 1. The van der Waals surface area contributed by atoms with Crippen LogP contribution in [0.4, 0.5) is 9.39 Å². The normalized spacial score (nSPS) is 12.8. The number of halogens is 2. The number of hydrogen-bond acceptors (Lipinski definition) is 7. The first-order chi connectivity index (χ1) is 16.0. The van der Waals surface area contributed by atoms with E-state index in [1.807, 2.05) is 11.5 Å². The topological polar surface area (TPSA) is 92.8 Å². The number of nitrogens with one attached hydrogen (secondary N) is 1. The van der Waals surface area contributed by atoms with E-state index >= 15 is 0 Å². The molecule has 0 bridgehead atoms. The number of hydrogen-bond donors (Lipinski definition) is 1. The zero-order valence-electron chi connectivity index (χ0n) is 17.9. The number of carbonyl (C=O) groups excluding carboxylic acids is 1. The summed E-state index contributed by atoms with van der Waals surface area (Å²) in [4.78, 5) is 13.8. The molecular weight excluding hydrogens is 485 g/mol. The summed E-state index contributed by atoms with van der Waals surface area (Å²) in [5, 5.41) is 22.2. The number of thiophene rings is 1. The van der Waals surface area contributed by atoms with Crippen LogP contribution in [-0.2, 0) is 30.8 Å². The minimum Gasteiger partial charge on any atom is -0.484 e. The summed E-state index contributed by atoms with van der Waals surface area (Å²) >= 11 is 8.77. The quantitative estimate of drug-likeness (QED) is 0.422. The van der Waals surface area contributed by atoms with Gasteiger partial charge in [-0.25, -0.2) is 4.39 Å². The summed E-state index contributed by atoms with van der Waals surface area (Å²) in [7, 11) is 0. The first-order valence-electron chi connectivity index (χ1n) is 10.5. The number of nitriles is 1. The number of nitrogens with zero attached hydrogens (tertiary/aromatic N) is 4. The maximum atomic E-state index is 13.2. The van der Waals surface area contributed by atoms with Crippen LogP contribution in [0, 0.1) is 17.1 Å². The van der Waals surface area contributed by atoms with Crippen LogP contribution < -0.4 is 10.1 Å². The number of fused-ring (bicyclic) bond motifs is 1. The number of benzene rings is 1. The maximum absolute atomic E-state index is 13.2. The number of thioether (sulfide) groups is 1. The molecule has 0 spiro atoms. The minimum atomic E-state index is -0.439. The van der Waals surface area contributed by atoms with E-state index in [0.717, 1.165) is 31.2 Å². The second-order valence-corrected chi connectivity index (χ2v) is 9.83. The van der Waals surface area contributed by atoms with Gasteiger partial charge >= 0.3 is 0 Å². The highest BCUT2D eigenvalue weighted by Crippen LogP contribution is 2.37. The molecule has 1 aliphatic rings. The van der Waals surface area contributed by atoms with Crippen LogP contribution >= 0.6 is 34.7 Å². The molecule has 1 aliphatic carbocycles. The number of anilines is 1. The molecule has 3 aromatic rings. The van der Waals surface area contributed by atoms with Gasteiger partial charge in [0.05, 0.1) is 16.3 Å². The third-order valence-electron chi connectivity index (χ3n) is 5.23. The van der Waals surface area contributed by atoms with Crippen molar-refractivity contribution >= 4 is 45.6 Å². The van der Waals surface area contributed by atoms with Crippen LogP contribution in [-0.4, -0.2) is 26.4 Å². The van der Waals surface area contributed by atoms with Gasteiger partial charge in [-0.1, -0.05) is 23.4 Å². The number of amides is 1. The third kappa shape index (κ3) is 5.32.